The molecule has 2 rings (SSSR count). The molecule has 0 saturated carbocycles. The summed E-state index contributed by atoms with van der Waals surface area (Å²) in [6.07, 6.45) is 0. The SMILES string of the molecule is Cc1cc(N(C)C)ccc1NCc1c(C)nn(C)c1C. The van der Waals surface area contributed by atoms with Crippen molar-refractivity contribution in [3.63, 3.8) is 0 Å². The van der Waals surface area contributed by atoms with Crippen LogP contribution in [0.2, 0.25) is 0 Å². The second-order valence-electron chi connectivity index (χ2n) is 5.52. The highest BCUT2D eigenvalue weighted by Crippen LogP contribution is 2.22. The summed E-state index contributed by atoms with van der Waals surface area (Å²) < 4.78 is 1.94. The van der Waals surface area contributed by atoms with Gasteiger partial charge in [-0.25, -0.2) is 0 Å². The number of anilines is 2. The molecule has 1 aromatic heterocycles. The van der Waals surface area contributed by atoms with Crippen molar-refractivity contribution >= 4 is 11.4 Å². The Morgan fingerprint density at radius 2 is 1.90 bits per heavy atom. The van der Waals surface area contributed by atoms with Gasteiger partial charge in [0.25, 0.3) is 0 Å². The van der Waals surface area contributed by atoms with E-state index >= 15 is 0 Å². The van der Waals surface area contributed by atoms with Crippen molar-refractivity contribution in [2.45, 2.75) is 27.3 Å². The van der Waals surface area contributed by atoms with Gasteiger partial charge < -0.3 is 10.2 Å². The van der Waals surface area contributed by atoms with Gasteiger partial charge in [-0.1, -0.05) is 0 Å². The zero-order valence-corrected chi connectivity index (χ0v) is 13.3. The maximum Gasteiger partial charge on any atom is 0.0646 e. The Morgan fingerprint density at radius 1 is 1.20 bits per heavy atom. The van der Waals surface area contributed by atoms with Crippen LogP contribution >= 0.6 is 0 Å². The number of hydrogen-bond acceptors (Lipinski definition) is 3. The molecule has 0 aliphatic carbocycles. The van der Waals surface area contributed by atoms with Crippen molar-refractivity contribution in [3.05, 3.63) is 40.7 Å². The minimum absolute atomic E-state index is 0.813. The number of hydrogen-bond donors (Lipinski definition) is 1. The van der Waals surface area contributed by atoms with Crippen molar-refractivity contribution in [1.29, 1.82) is 0 Å². The summed E-state index contributed by atoms with van der Waals surface area (Å²) in [7, 11) is 6.11. The predicted octanol–water partition coefficient (Wildman–Crippen LogP) is 3.02. The van der Waals surface area contributed by atoms with E-state index in [2.05, 4.69) is 68.4 Å². The van der Waals surface area contributed by atoms with Crippen LogP contribution in [0, 0.1) is 20.8 Å². The van der Waals surface area contributed by atoms with Crippen molar-refractivity contribution in [2.75, 3.05) is 24.3 Å². The minimum Gasteiger partial charge on any atom is -0.381 e. The molecule has 0 aliphatic rings. The summed E-state index contributed by atoms with van der Waals surface area (Å²) >= 11 is 0. The molecule has 108 valence electrons. The molecule has 0 aliphatic heterocycles. The van der Waals surface area contributed by atoms with Gasteiger partial charge in [-0.15, -0.1) is 0 Å². The van der Waals surface area contributed by atoms with Crippen LogP contribution in [0.3, 0.4) is 0 Å². The topological polar surface area (TPSA) is 33.1 Å². The van der Waals surface area contributed by atoms with Crippen molar-refractivity contribution in [2.24, 2.45) is 7.05 Å². The van der Waals surface area contributed by atoms with E-state index in [4.69, 9.17) is 0 Å². The lowest BCUT2D eigenvalue weighted by molar-refractivity contribution is 0.730. The number of aromatic nitrogens is 2. The van der Waals surface area contributed by atoms with Crippen molar-refractivity contribution in [1.82, 2.24) is 9.78 Å². The summed E-state index contributed by atoms with van der Waals surface area (Å²) in [6.45, 7) is 7.12. The van der Waals surface area contributed by atoms with Gasteiger partial charge in [-0.3, -0.25) is 4.68 Å². The third-order valence-corrected chi connectivity index (χ3v) is 3.84. The minimum atomic E-state index is 0.813. The second-order valence-corrected chi connectivity index (χ2v) is 5.52. The van der Waals surface area contributed by atoms with E-state index in [9.17, 15) is 0 Å². The Labute approximate surface area is 121 Å². The molecule has 0 bridgehead atoms. The maximum atomic E-state index is 4.45. The van der Waals surface area contributed by atoms with Crippen LogP contribution in [0.4, 0.5) is 11.4 Å². The fourth-order valence-electron chi connectivity index (χ4n) is 2.38. The quantitative estimate of drug-likeness (QED) is 0.928. The van der Waals surface area contributed by atoms with E-state index in [-0.39, 0.29) is 0 Å². The number of benzene rings is 1. The summed E-state index contributed by atoms with van der Waals surface area (Å²) in [5.41, 5.74) is 7.26. The monoisotopic (exact) mass is 272 g/mol. The molecule has 2 aromatic rings. The van der Waals surface area contributed by atoms with Gasteiger partial charge in [-0.05, 0) is 44.5 Å². The van der Waals surface area contributed by atoms with Crippen LogP contribution in [0.5, 0.6) is 0 Å². The van der Waals surface area contributed by atoms with Crippen LogP contribution < -0.4 is 10.2 Å². The molecule has 1 aromatic carbocycles. The molecule has 20 heavy (non-hydrogen) atoms. The van der Waals surface area contributed by atoms with Crippen LogP contribution in [0.25, 0.3) is 0 Å². The van der Waals surface area contributed by atoms with Crippen molar-refractivity contribution < 1.29 is 0 Å². The van der Waals surface area contributed by atoms with Crippen LogP contribution in [0.15, 0.2) is 18.2 Å². The van der Waals surface area contributed by atoms with E-state index in [1.807, 2.05) is 11.7 Å². The van der Waals surface area contributed by atoms with E-state index in [1.165, 1.54) is 28.2 Å². The van der Waals surface area contributed by atoms with E-state index < -0.39 is 0 Å². The molecule has 1 heterocycles. The Kier molecular flexibility index (Phi) is 4.02. The van der Waals surface area contributed by atoms with Crippen LogP contribution in [-0.2, 0) is 13.6 Å². The van der Waals surface area contributed by atoms with Gasteiger partial charge >= 0.3 is 0 Å². The number of rotatable bonds is 4. The third-order valence-electron chi connectivity index (χ3n) is 3.84. The zero-order valence-electron chi connectivity index (χ0n) is 13.3. The lowest BCUT2D eigenvalue weighted by Gasteiger charge is -2.16. The first-order valence-corrected chi connectivity index (χ1v) is 6.91. The first-order valence-electron chi connectivity index (χ1n) is 6.91. The maximum absolute atomic E-state index is 4.45. The highest BCUT2D eigenvalue weighted by molar-refractivity contribution is 5.60. The van der Waals surface area contributed by atoms with Gasteiger partial charge in [0.1, 0.15) is 0 Å². The van der Waals surface area contributed by atoms with Crippen LogP contribution in [-0.4, -0.2) is 23.9 Å². The van der Waals surface area contributed by atoms with E-state index in [0.717, 1.165) is 12.2 Å². The Hall–Kier alpha value is -1.97. The molecule has 4 nitrogen and oxygen atoms in total. The molecule has 0 unspecified atom stereocenters. The van der Waals surface area contributed by atoms with Gasteiger partial charge in [0.05, 0.1) is 5.69 Å². The fraction of sp³-hybridized carbons (Fsp3) is 0.438. The Balaban J connectivity index is 2.15. The first kappa shape index (κ1) is 14.4. The lowest BCUT2D eigenvalue weighted by Crippen LogP contribution is -2.09. The molecule has 0 amide bonds. The first-order chi connectivity index (χ1) is 9.40. The molecule has 0 radical (unpaired) electrons. The smallest absolute Gasteiger partial charge is 0.0646 e. The number of nitrogens with zero attached hydrogens (tertiary/aromatic N) is 3. The molecular formula is C16H24N4. The van der Waals surface area contributed by atoms with Gasteiger partial charge in [0.15, 0.2) is 0 Å². The molecule has 1 N–H and O–H groups in total. The normalized spacial score (nSPS) is 10.7. The molecular weight excluding hydrogens is 248 g/mol. The summed E-state index contributed by atoms with van der Waals surface area (Å²) in [6, 6.07) is 6.48. The fourth-order valence-corrected chi connectivity index (χ4v) is 2.38. The van der Waals surface area contributed by atoms with E-state index in [0.29, 0.717) is 0 Å². The van der Waals surface area contributed by atoms with Gasteiger partial charge in [-0.2, -0.15) is 5.10 Å². The Bertz CT molecular complexity index is 611. The van der Waals surface area contributed by atoms with Crippen LogP contribution in [0.1, 0.15) is 22.5 Å². The highest BCUT2D eigenvalue weighted by atomic mass is 15.3. The van der Waals surface area contributed by atoms with Gasteiger partial charge in [0, 0.05) is 50.3 Å². The molecule has 0 atom stereocenters. The average molecular weight is 272 g/mol. The average Bonchev–Trinajstić information content (AvgIpc) is 2.62. The molecule has 0 fully saturated rings. The third kappa shape index (κ3) is 2.79. The predicted molar refractivity (Wildman–Crippen MR) is 85.5 cm³/mol. The Morgan fingerprint density at radius 3 is 2.40 bits per heavy atom. The van der Waals surface area contributed by atoms with Crippen molar-refractivity contribution in [3.8, 4) is 0 Å². The number of aryl methyl sites for hydroxylation is 3. The summed E-state index contributed by atoms with van der Waals surface area (Å²) in [5, 5.41) is 7.97. The van der Waals surface area contributed by atoms with E-state index in [1.54, 1.807) is 0 Å². The summed E-state index contributed by atoms with van der Waals surface area (Å²) in [4.78, 5) is 2.12. The second kappa shape index (κ2) is 5.57. The van der Waals surface area contributed by atoms with Gasteiger partial charge in [0.2, 0.25) is 0 Å². The molecule has 0 spiro atoms. The summed E-state index contributed by atoms with van der Waals surface area (Å²) in [5.74, 6) is 0. The lowest BCUT2D eigenvalue weighted by atomic mass is 10.1. The number of nitrogens with one attached hydrogen (secondary N) is 1. The zero-order chi connectivity index (χ0) is 14.9. The largest absolute Gasteiger partial charge is 0.381 e. The molecule has 0 saturated heterocycles. The standard InChI is InChI=1S/C16H24N4/c1-11-9-14(19(4)5)7-8-16(11)17-10-15-12(2)18-20(6)13(15)3/h7-9,17H,10H2,1-6H3. The molecule has 4 heteroatoms. The highest BCUT2D eigenvalue weighted by Gasteiger charge is 2.09.